The van der Waals surface area contributed by atoms with Crippen molar-refractivity contribution in [2.24, 2.45) is 5.73 Å². The van der Waals surface area contributed by atoms with Crippen LogP contribution in [0.2, 0.25) is 0 Å². The standard InChI is InChI=1S/C9H12N4O2/c10-8-6(5-3-1-2-4-11-5)7(9(14)15)12-13-8/h1-4,6-8,12-13H,10H2,(H,14,15). The largest absolute Gasteiger partial charge is 0.480 e. The van der Waals surface area contributed by atoms with Gasteiger partial charge in [-0.15, -0.1) is 0 Å². The predicted octanol–water partition coefficient (Wildman–Crippen LogP) is -0.989. The van der Waals surface area contributed by atoms with E-state index < -0.39 is 18.2 Å². The lowest BCUT2D eigenvalue weighted by Gasteiger charge is -2.16. The molecule has 80 valence electrons. The summed E-state index contributed by atoms with van der Waals surface area (Å²) in [7, 11) is 0. The number of aromatic nitrogens is 1. The van der Waals surface area contributed by atoms with Gasteiger partial charge in [0.1, 0.15) is 6.04 Å². The fraction of sp³-hybridized carbons (Fsp3) is 0.333. The van der Waals surface area contributed by atoms with E-state index in [9.17, 15) is 4.79 Å². The summed E-state index contributed by atoms with van der Waals surface area (Å²) in [5.41, 5.74) is 11.8. The van der Waals surface area contributed by atoms with Crippen LogP contribution < -0.4 is 16.6 Å². The van der Waals surface area contributed by atoms with E-state index in [0.717, 1.165) is 0 Å². The Hall–Kier alpha value is -1.50. The number of aliphatic carboxylic acids is 1. The Bertz CT molecular complexity index is 356. The molecule has 2 rings (SSSR count). The molecule has 3 atom stereocenters. The lowest BCUT2D eigenvalue weighted by molar-refractivity contribution is -0.139. The van der Waals surface area contributed by atoms with Crippen molar-refractivity contribution in [1.29, 1.82) is 0 Å². The van der Waals surface area contributed by atoms with Crippen LogP contribution in [-0.4, -0.2) is 28.3 Å². The summed E-state index contributed by atoms with van der Waals surface area (Å²) >= 11 is 0. The molecular formula is C9H12N4O2. The molecule has 1 aromatic rings. The van der Waals surface area contributed by atoms with Crippen molar-refractivity contribution in [2.75, 3.05) is 0 Å². The molecule has 3 unspecified atom stereocenters. The van der Waals surface area contributed by atoms with Gasteiger partial charge in [-0.25, -0.2) is 10.9 Å². The zero-order valence-electron chi connectivity index (χ0n) is 7.92. The second kappa shape index (κ2) is 3.93. The number of nitrogens with two attached hydrogens (primary N) is 1. The minimum Gasteiger partial charge on any atom is -0.480 e. The van der Waals surface area contributed by atoms with Crippen molar-refractivity contribution in [3.8, 4) is 0 Å². The van der Waals surface area contributed by atoms with E-state index in [2.05, 4.69) is 15.8 Å². The lowest BCUT2D eigenvalue weighted by Crippen LogP contribution is -2.39. The van der Waals surface area contributed by atoms with Crippen molar-refractivity contribution in [1.82, 2.24) is 15.8 Å². The van der Waals surface area contributed by atoms with E-state index in [4.69, 9.17) is 10.8 Å². The molecule has 1 aromatic heterocycles. The van der Waals surface area contributed by atoms with Crippen LogP contribution in [0.4, 0.5) is 0 Å². The summed E-state index contributed by atoms with van der Waals surface area (Å²) in [5.74, 6) is -1.30. The van der Waals surface area contributed by atoms with E-state index in [1.807, 2.05) is 6.07 Å². The van der Waals surface area contributed by atoms with E-state index in [1.54, 1.807) is 18.3 Å². The van der Waals surface area contributed by atoms with Gasteiger partial charge in [-0.3, -0.25) is 9.78 Å². The maximum absolute atomic E-state index is 10.9. The quantitative estimate of drug-likeness (QED) is 0.498. The molecule has 1 aliphatic heterocycles. The number of hydrogen-bond donors (Lipinski definition) is 4. The average molecular weight is 208 g/mol. The Morgan fingerprint density at radius 1 is 1.47 bits per heavy atom. The van der Waals surface area contributed by atoms with Crippen LogP contribution in [0.15, 0.2) is 24.4 Å². The fourth-order valence-corrected chi connectivity index (χ4v) is 1.72. The third-order valence-corrected chi connectivity index (χ3v) is 2.45. The molecule has 6 nitrogen and oxygen atoms in total. The summed E-state index contributed by atoms with van der Waals surface area (Å²) in [6.45, 7) is 0. The molecule has 6 heteroatoms. The van der Waals surface area contributed by atoms with Crippen LogP contribution in [0, 0.1) is 0 Å². The van der Waals surface area contributed by atoms with Crippen LogP contribution in [0.5, 0.6) is 0 Å². The number of carbonyl (C=O) groups is 1. The van der Waals surface area contributed by atoms with Crippen LogP contribution >= 0.6 is 0 Å². The van der Waals surface area contributed by atoms with Crippen molar-refractivity contribution < 1.29 is 9.90 Å². The number of rotatable bonds is 2. The first-order chi connectivity index (χ1) is 7.20. The third-order valence-electron chi connectivity index (χ3n) is 2.45. The van der Waals surface area contributed by atoms with Crippen molar-refractivity contribution in [2.45, 2.75) is 18.1 Å². The molecule has 0 amide bonds. The third kappa shape index (κ3) is 1.82. The van der Waals surface area contributed by atoms with Gasteiger partial charge in [0.25, 0.3) is 0 Å². The molecule has 0 spiro atoms. The maximum atomic E-state index is 10.9. The second-order valence-electron chi connectivity index (χ2n) is 3.41. The first-order valence-electron chi connectivity index (χ1n) is 4.60. The van der Waals surface area contributed by atoms with Gasteiger partial charge in [0.2, 0.25) is 0 Å². The summed E-state index contributed by atoms with van der Waals surface area (Å²) in [6.07, 6.45) is 1.18. The summed E-state index contributed by atoms with van der Waals surface area (Å²) in [5, 5.41) is 8.98. The van der Waals surface area contributed by atoms with Gasteiger partial charge in [0.15, 0.2) is 0 Å². The minimum absolute atomic E-state index is 0.358. The number of hydrazine groups is 1. The molecule has 2 heterocycles. The SMILES string of the molecule is NC1NNC(C(=O)O)C1c1ccccn1. The highest BCUT2D eigenvalue weighted by Gasteiger charge is 2.40. The Balaban J connectivity index is 2.29. The highest BCUT2D eigenvalue weighted by molar-refractivity contribution is 5.75. The van der Waals surface area contributed by atoms with Crippen LogP contribution in [0.3, 0.4) is 0 Å². The lowest BCUT2D eigenvalue weighted by atomic mass is 9.95. The highest BCUT2D eigenvalue weighted by atomic mass is 16.4. The van der Waals surface area contributed by atoms with Gasteiger partial charge in [0, 0.05) is 11.9 Å². The molecule has 15 heavy (non-hydrogen) atoms. The number of nitrogens with zero attached hydrogens (tertiary/aromatic N) is 1. The monoisotopic (exact) mass is 208 g/mol. The van der Waals surface area contributed by atoms with Crippen molar-refractivity contribution in [3.63, 3.8) is 0 Å². The zero-order valence-corrected chi connectivity index (χ0v) is 7.92. The Kier molecular flexibility index (Phi) is 2.63. The molecule has 0 radical (unpaired) electrons. The van der Waals surface area contributed by atoms with Crippen LogP contribution in [0.25, 0.3) is 0 Å². The number of nitrogens with one attached hydrogen (secondary N) is 2. The molecule has 0 bridgehead atoms. The van der Waals surface area contributed by atoms with Gasteiger partial charge >= 0.3 is 5.97 Å². The zero-order chi connectivity index (χ0) is 10.8. The molecule has 0 aliphatic carbocycles. The van der Waals surface area contributed by atoms with E-state index in [1.165, 1.54) is 0 Å². The number of hydrogen-bond acceptors (Lipinski definition) is 5. The Morgan fingerprint density at radius 3 is 2.87 bits per heavy atom. The summed E-state index contributed by atoms with van der Waals surface area (Å²) in [6, 6.07) is 4.62. The molecule has 0 saturated carbocycles. The average Bonchev–Trinajstić information content (AvgIpc) is 2.61. The molecule has 0 aromatic carbocycles. The maximum Gasteiger partial charge on any atom is 0.322 e. The van der Waals surface area contributed by atoms with Crippen molar-refractivity contribution in [3.05, 3.63) is 30.1 Å². The summed E-state index contributed by atoms with van der Waals surface area (Å²) in [4.78, 5) is 15.1. The Morgan fingerprint density at radius 2 is 2.27 bits per heavy atom. The smallest absolute Gasteiger partial charge is 0.322 e. The highest BCUT2D eigenvalue weighted by Crippen LogP contribution is 2.23. The molecule has 1 saturated heterocycles. The van der Waals surface area contributed by atoms with Gasteiger partial charge in [-0.2, -0.15) is 0 Å². The second-order valence-corrected chi connectivity index (χ2v) is 3.41. The molecule has 1 aliphatic rings. The van der Waals surface area contributed by atoms with E-state index in [0.29, 0.717) is 5.69 Å². The number of pyridine rings is 1. The first-order valence-corrected chi connectivity index (χ1v) is 4.60. The molecular weight excluding hydrogens is 196 g/mol. The number of carboxylic acid groups (broad SMARTS) is 1. The normalized spacial score (nSPS) is 30.3. The van der Waals surface area contributed by atoms with E-state index >= 15 is 0 Å². The van der Waals surface area contributed by atoms with Gasteiger partial charge in [-0.1, -0.05) is 6.07 Å². The van der Waals surface area contributed by atoms with Gasteiger partial charge in [0.05, 0.1) is 12.1 Å². The van der Waals surface area contributed by atoms with Crippen molar-refractivity contribution >= 4 is 5.97 Å². The fourth-order valence-electron chi connectivity index (χ4n) is 1.72. The minimum atomic E-state index is -0.939. The molecule has 1 fully saturated rings. The van der Waals surface area contributed by atoms with E-state index in [-0.39, 0.29) is 5.92 Å². The van der Waals surface area contributed by atoms with Gasteiger partial charge in [-0.05, 0) is 12.1 Å². The van der Waals surface area contributed by atoms with Crippen LogP contribution in [-0.2, 0) is 4.79 Å². The predicted molar refractivity (Wildman–Crippen MR) is 52.6 cm³/mol. The molecule has 5 N–H and O–H groups in total. The number of carboxylic acids is 1. The Labute approximate surface area is 86.5 Å². The van der Waals surface area contributed by atoms with Crippen LogP contribution in [0.1, 0.15) is 11.6 Å². The summed E-state index contributed by atoms with van der Waals surface area (Å²) < 4.78 is 0. The first kappa shape index (κ1) is 10.0. The topological polar surface area (TPSA) is 100 Å². The van der Waals surface area contributed by atoms with Gasteiger partial charge < -0.3 is 10.8 Å².